The van der Waals surface area contributed by atoms with Gasteiger partial charge in [0, 0.05) is 17.8 Å². The first-order valence-electron chi connectivity index (χ1n) is 6.75. The molecule has 0 aliphatic carbocycles. The summed E-state index contributed by atoms with van der Waals surface area (Å²) < 4.78 is 13.2. The van der Waals surface area contributed by atoms with E-state index in [4.69, 9.17) is 12.2 Å². The molecule has 0 radical (unpaired) electrons. The number of nitrogens with one attached hydrogen (secondary N) is 2. The van der Waals surface area contributed by atoms with Crippen molar-refractivity contribution >= 4 is 40.7 Å². The third kappa shape index (κ3) is 4.96. The second-order valence-corrected chi connectivity index (χ2v) is 5.02. The molecule has 122 valence electrons. The van der Waals surface area contributed by atoms with Gasteiger partial charge in [-0.25, -0.2) is 0 Å². The number of carbonyl (C=O) groups is 1. The van der Waals surface area contributed by atoms with Gasteiger partial charge in [0.05, 0.1) is 4.92 Å². The fraction of sp³-hybridized carbons (Fsp3) is 0. The first kappa shape index (κ1) is 17.2. The summed E-state index contributed by atoms with van der Waals surface area (Å²) in [5, 5.41) is 15.6. The topological polar surface area (TPSA) is 84.3 Å². The lowest BCUT2D eigenvalue weighted by atomic mass is 10.2. The smallest absolute Gasteiger partial charge is 0.306 e. The summed E-state index contributed by atoms with van der Waals surface area (Å²) in [6.45, 7) is 0. The van der Waals surface area contributed by atoms with E-state index < -0.39 is 22.3 Å². The van der Waals surface area contributed by atoms with Crippen LogP contribution in [-0.2, 0) is 4.79 Å². The molecule has 0 saturated heterocycles. The summed E-state index contributed by atoms with van der Waals surface area (Å²) in [5.74, 6) is -1.42. The van der Waals surface area contributed by atoms with Gasteiger partial charge in [-0.05, 0) is 36.0 Å². The molecule has 0 aliphatic rings. The minimum Gasteiger partial charge on any atom is -0.332 e. The molecule has 1 amide bonds. The lowest BCUT2D eigenvalue weighted by Crippen LogP contribution is -2.32. The molecule has 0 heterocycles. The average Bonchev–Trinajstić information content (AvgIpc) is 2.55. The molecule has 2 aromatic carbocycles. The standard InChI is InChI=1S/C16H12FN3O3S/c17-13-8-7-12(10-14(13)20(22)23)18-16(24)19-15(21)9-6-11-4-2-1-3-5-11/h1-10H,(H2,18,19,21,24)/b9-6+. The Hall–Kier alpha value is -3.13. The van der Waals surface area contributed by atoms with Crippen molar-refractivity contribution in [3.05, 3.63) is 76.1 Å². The fourth-order valence-corrected chi connectivity index (χ4v) is 2.00. The van der Waals surface area contributed by atoms with E-state index in [2.05, 4.69) is 10.6 Å². The van der Waals surface area contributed by atoms with Gasteiger partial charge in [0.25, 0.3) is 0 Å². The van der Waals surface area contributed by atoms with Crippen molar-refractivity contribution in [2.75, 3.05) is 5.32 Å². The maximum atomic E-state index is 13.2. The van der Waals surface area contributed by atoms with E-state index >= 15 is 0 Å². The number of nitrogens with zero attached hydrogens (tertiary/aromatic N) is 1. The Labute approximate surface area is 142 Å². The van der Waals surface area contributed by atoms with Crippen LogP contribution in [0.1, 0.15) is 5.56 Å². The van der Waals surface area contributed by atoms with Crippen LogP contribution in [0.4, 0.5) is 15.8 Å². The van der Waals surface area contributed by atoms with Gasteiger partial charge in [-0.2, -0.15) is 4.39 Å². The number of thiocarbonyl (C=S) groups is 1. The van der Waals surface area contributed by atoms with Crippen LogP contribution >= 0.6 is 12.2 Å². The minimum atomic E-state index is -0.953. The van der Waals surface area contributed by atoms with Gasteiger partial charge in [-0.15, -0.1) is 0 Å². The van der Waals surface area contributed by atoms with Gasteiger partial charge in [0.1, 0.15) is 0 Å². The summed E-state index contributed by atoms with van der Waals surface area (Å²) in [7, 11) is 0. The minimum absolute atomic E-state index is 0.0568. The highest BCUT2D eigenvalue weighted by molar-refractivity contribution is 7.80. The number of rotatable bonds is 4. The zero-order valence-electron chi connectivity index (χ0n) is 12.2. The molecule has 6 nitrogen and oxygen atoms in total. The molecule has 0 aliphatic heterocycles. The van der Waals surface area contributed by atoms with E-state index in [1.165, 1.54) is 12.1 Å². The van der Waals surface area contributed by atoms with Crippen LogP contribution in [0.5, 0.6) is 0 Å². The maximum absolute atomic E-state index is 13.2. The van der Waals surface area contributed by atoms with Crippen LogP contribution in [0.2, 0.25) is 0 Å². The number of nitro groups is 1. The first-order chi connectivity index (χ1) is 11.5. The quantitative estimate of drug-likeness (QED) is 0.385. The van der Waals surface area contributed by atoms with Gasteiger partial charge in [-0.3, -0.25) is 20.2 Å². The largest absolute Gasteiger partial charge is 0.332 e. The number of halogens is 1. The third-order valence-corrected chi connectivity index (χ3v) is 3.07. The molecule has 2 rings (SSSR count). The lowest BCUT2D eigenvalue weighted by Gasteiger charge is -2.08. The molecule has 24 heavy (non-hydrogen) atoms. The van der Waals surface area contributed by atoms with Crippen molar-refractivity contribution in [1.29, 1.82) is 0 Å². The Bertz CT molecular complexity index is 809. The second-order valence-electron chi connectivity index (χ2n) is 4.61. The maximum Gasteiger partial charge on any atom is 0.306 e. The van der Waals surface area contributed by atoms with Crippen LogP contribution in [0.25, 0.3) is 6.08 Å². The number of carbonyl (C=O) groups excluding carboxylic acids is 1. The molecule has 0 spiro atoms. The average molecular weight is 345 g/mol. The number of anilines is 1. The molecule has 0 aromatic heterocycles. The second kappa shape index (κ2) is 7.93. The molecule has 0 atom stereocenters. The number of amides is 1. The molecular formula is C16H12FN3O3S. The number of hydrogen-bond acceptors (Lipinski definition) is 4. The predicted octanol–water partition coefficient (Wildman–Crippen LogP) is 3.26. The van der Waals surface area contributed by atoms with Crippen molar-refractivity contribution in [3.8, 4) is 0 Å². The molecule has 0 unspecified atom stereocenters. The lowest BCUT2D eigenvalue weighted by molar-refractivity contribution is -0.387. The van der Waals surface area contributed by atoms with E-state index in [1.807, 2.05) is 30.3 Å². The molecule has 0 fully saturated rings. The first-order valence-corrected chi connectivity index (χ1v) is 7.15. The highest BCUT2D eigenvalue weighted by Gasteiger charge is 2.14. The Morgan fingerprint density at radius 1 is 1.21 bits per heavy atom. The zero-order chi connectivity index (χ0) is 17.5. The number of benzene rings is 2. The Morgan fingerprint density at radius 2 is 1.92 bits per heavy atom. The van der Waals surface area contributed by atoms with Crippen molar-refractivity contribution in [3.63, 3.8) is 0 Å². The summed E-state index contributed by atoms with van der Waals surface area (Å²) in [5.41, 5.74) is 0.360. The molecule has 2 aromatic rings. The molecule has 0 bridgehead atoms. The Kier molecular flexibility index (Phi) is 5.69. The monoisotopic (exact) mass is 345 g/mol. The summed E-state index contributed by atoms with van der Waals surface area (Å²) >= 11 is 4.94. The van der Waals surface area contributed by atoms with Crippen molar-refractivity contribution in [1.82, 2.24) is 5.32 Å². The highest BCUT2D eigenvalue weighted by atomic mass is 32.1. The van der Waals surface area contributed by atoms with Crippen LogP contribution < -0.4 is 10.6 Å². The molecule has 0 saturated carbocycles. The van der Waals surface area contributed by atoms with Crippen molar-refractivity contribution in [2.45, 2.75) is 0 Å². The predicted molar refractivity (Wildman–Crippen MR) is 92.9 cm³/mol. The summed E-state index contributed by atoms with van der Waals surface area (Å²) in [6, 6.07) is 12.4. The van der Waals surface area contributed by atoms with E-state index in [0.29, 0.717) is 0 Å². The van der Waals surface area contributed by atoms with E-state index in [0.717, 1.165) is 17.7 Å². The SMILES string of the molecule is O=C(/C=C/c1ccccc1)NC(=S)Nc1ccc(F)c([N+](=O)[O-])c1. The van der Waals surface area contributed by atoms with Crippen molar-refractivity contribution in [2.24, 2.45) is 0 Å². The van der Waals surface area contributed by atoms with Crippen LogP contribution in [0.3, 0.4) is 0 Å². The van der Waals surface area contributed by atoms with Gasteiger partial charge >= 0.3 is 5.69 Å². The van der Waals surface area contributed by atoms with Crippen LogP contribution in [0, 0.1) is 15.9 Å². The van der Waals surface area contributed by atoms with Gasteiger partial charge in [-0.1, -0.05) is 30.3 Å². The third-order valence-electron chi connectivity index (χ3n) is 2.86. The highest BCUT2D eigenvalue weighted by Crippen LogP contribution is 2.21. The molecule has 8 heteroatoms. The fourth-order valence-electron chi connectivity index (χ4n) is 1.78. The normalized spacial score (nSPS) is 10.4. The Balaban J connectivity index is 1.96. The van der Waals surface area contributed by atoms with Crippen LogP contribution in [-0.4, -0.2) is 15.9 Å². The molecular weight excluding hydrogens is 333 g/mol. The molecule has 2 N–H and O–H groups in total. The van der Waals surface area contributed by atoms with E-state index in [9.17, 15) is 19.3 Å². The van der Waals surface area contributed by atoms with Crippen molar-refractivity contribution < 1.29 is 14.1 Å². The summed E-state index contributed by atoms with van der Waals surface area (Å²) in [6.07, 6.45) is 2.91. The number of hydrogen-bond donors (Lipinski definition) is 2. The van der Waals surface area contributed by atoms with Gasteiger partial charge in [0.15, 0.2) is 5.11 Å². The number of nitro benzene ring substituents is 1. The van der Waals surface area contributed by atoms with Gasteiger partial charge in [0.2, 0.25) is 11.7 Å². The van der Waals surface area contributed by atoms with Gasteiger partial charge < -0.3 is 5.32 Å². The van der Waals surface area contributed by atoms with E-state index in [1.54, 1.807) is 6.08 Å². The van der Waals surface area contributed by atoms with E-state index in [-0.39, 0.29) is 10.8 Å². The Morgan fingerprint density at radius 3 is 2.58 bits per heavy atom. The zero-order valence-corrected chi connectivity index (χ0v) is 13.0. The van der Waals surface area contributed by atoms with Crippen LogP contribution in [0.15, 0.2) is 54.6 Å². The summed E-state index contributed by atoms with van der Waals surface area (Å²) in [4.78, 5) is 21.6.